The number of Topliss-reactive ketones (excluding diaryl/α,β-unsaturated/α-hetero) is 1. The maximum Gasteiger partial charge on any atom is 0.230 e. The minimum Gasteiger partial charge on any atom is -0.353 e. The van der Waals surface area contributed by atoms with E-state index in [0.717, 1.165) is 35.3 Å². The molecule has 4 heteroatoms. The van der Waals surface area contributed by atoms with Gasteiger partial charge in [-0.15, -0.1) is 11.8 Å². The van der Waals surface area contributed by atoms with E-state index in [-0.39, 0.29) is 11.7 Å². The molecular weight excluding hydrogens is 282 g/mol. The van der Waals surface area contributed by atoms with Crippen molar-refractivity contribution in [1.82, 2.24) is 5.32 Å². The van der Waals surface area contributed by atoms with Gasteiger partial charge in [-0.2, -0.15) is 0 Å². The summed E-state index contributed by atoms with van der Waals surface area (Å²) < 4.78 is 0. The van der Waals surface area contributed by atoms with Crippen molar-refractivity contribution in [2.45, 2.75) is 52.3 Å². The van der Waals surface area contributed by atoms with E-state index in [4.69, 9.17) is 0 Å². The molecule has 0 unspecified atom stereocenters. The topological polar surface area (TPSA) is 46.2 Å². The largest absolute Gasteiger partial charge is 0.353 e. The van der Waals surface area contributed by atoms with Crippen LogP contribution in [-0.4, -0.2) is 23.5 Å². The summed E-state index contributed by atoms with van der Waals surface area (Å²) in [6.07, 6.45) is 2.24. The van der Waals surface area contributed by atoms with Gasteiger partial charge >= 0.3 is 0 Å². The number of carbonyl (C=O) groups is 2. The van der Waals surface area contributed by atoms with Gasteiger partial charge in [0.25, 0.3) is 0 Å². The van der Waals surface area contributed by atoms with E-state index in [2.05, 4.69) is 18.3 Å². The lowest BCUT2D eigenvalue weighted by atomic mass is 9.92. The lowest BCUT2D eigenvalue weighted by molar-refractivity contribution is -0.118. The van der Waals surface area contributed by atoms with Gasteiger partial charge in [0.15, 0.2) is 5.78 Å². The van der Waals surface area contributed by atoms with Crippen molar-refractivity contribution in [1.29, 1.82) is 0 Å². The predicted octanol–water partition coefficient (Wildman–Crippen LogP) is 3.33. The summed E-state index contributed by atoms with van der Waals surface area (Å²) in [7, 11) is 0. The van der Waals surface area contributed by atoms with Crippen molar-refractivity contribution in [3.63, 3.8) is 0 Å². The zero-order valence-corrected chi connectivity index (χ0v) is 14.0. The molecule has 0 heterocycles. The Morgan fingerprint density at radius 1 is 1.24 bits per heavy atom. The van der Waals surface area contributed by atoms with Crippen molar-refractivity contribution in [3.8, 4) is 0 Å². The van der Waals surface area contributed by atoms with Crippen LogP contribution in [-0.2, 0) is 10.5 Å². The zero-order valence-electron chi connectivity index (χ0n) is 13.2. The Bertz CT molecular complexity index is 577. The molecule has 1 aliphatic rings. The summed E-state index contributed by atoms with van der Waals surface area (Å²) in [4.78, 5) is 23.5. The van der Waals surface area contributed by atoms with E-state index in [1.54, 1.807) is 18.7 Å². The number of hydrogen-bond donors (Lipinski definition) is 1. The van der Waals surface area contributed by atoms with Gasteiger partial charge in [0, 0.05) is 17.4 Å². The first kappa shape index (κ1) is 16.1. The van der Waals surface area contributed by atoms with Gasteiger partial charge in [-0.3, -0.25) is 9.59 Å². The summed E-state index contributed by atoms with van der Waals surface area (Å²) in [6, 6.07) is 2.49. The fraction of sp³-hybridized carbons (Fsp3) is 0.529. The molecule has 2 rings (SSSR count). The number of amides is 1. The first-order valence-corrected chi connectivity index (χ1v) is 8.53. The Hall–Kier alpha value is -1.29. The van der Waals surface area contributed by atoms with Crippen molar-refractivity contribution in [2.24, 2.45) is 0 Å². The highest BCUT2D eigenvalue weighted by Gasteiger charge is 2.23. The molecule has 1 amide bonds. The minimum absolute atomic E-state index is 0.114. The predicted molar refractivity (Wildman–Crippen MR) is 88.0 cm³/mol. The highest BCUT2D eigenvalue weighted by molar-refractivity contribution is 7.99. The number of nitrogens with one attached hydrogen (secondary N) is 1. The number of hydrogen-bond acceptors (Lipinski definition) is 3. The highest BCUT2D eigenvalue weighted by atomic mass is 32.2. The Labute approximate surface area is 130 Å². The summed E-state index contributed by atoms with van der Waals surface area (Å²) >= 11 is 1.62. The molecule has 0 aromatic heterocycles. The second kappa shape index (κ2) is 6.65. The zero-order chi connectivity index (χ0) is 15.6. The fourth-order valence-electron chi connectivity index (χ4n) is 2.73. The molecule has 1 aromatic carbocycles. The second-order valence-electron chi connectivity index (χ2n) is 5.88. The Kier molecular flexibility index (Phi) is 5.09. The van der Waals surface area contributed by atoms with E-state index in [9.17, 15) is 9.59 Å². The SMILES string of the molecule is CC(=O)c1c(C)cc(C)c(CSCC(=O)NC2CC2)c1C. The molecule has 0 aliphatic heterocycles. The number of rotatable bonds is 6. The molecule has 0 bridgehead atoms. The first-order valence-electron chi connectivity index (χ1n) is 7.38. The molecule has 1 N–H and O–H groups in total. The van der Waals surface area contributed by atoms with E-state index in [1.807, 2.05) is 13.8 Å². The average molecular weight is 305 g/mol. The minimum atomic E-state index is 0.114. The molecule has 0 radical (unpaired) electrons. The van der Waals surface area contributed by atoms with Crippen molar-refractivity contribution in [2.75, 3.05) is 5.75 Å². The molecule has 114 valence electrons. The van der Waals surface area contributed by atoms with Gasteiger partial charge in [-0.1, -0.05) is 6.07 Å². The Balaban J connectivity index is 2.03. The Morgan fingerprint density at radius 2 is 1.90 bits per heavy atom. The van der Waals surface area contributed by atoms with E-state index in [1.165, 1.54) is 11.1 Å². The normalized spacial score (nSPS) is 14.1. The number of thioether (sulfide) groups is 1. The summed E-state index contributed by atoms with van der Waals surface area (Å²) in [5.74, 6) is 1.49. The van der Waals surface area contributed by atoms with Crippen LogP contribution in [0.4, 0.5) is 0 Å². The van der Waals surface area contributed by atoms with Crippen LogP contribution in [0.2, 0.25) is 0 Å². The third-order valence-electron chi connectivity index (χ3n) is 3.91. The molecule has 21 heavy (non-hydrogen) atoms. The van der Waals surface area contributed by atoms with Gasteiger partial charge in [0.2, 0.25) is 5.91 Å². The molecule has 3 nitrogen and oxygen atoms in total. The monoisotopic (exact) mass is 305 g/mol. The molecule has 1 aromatic rings. The second-order valence-corrected chi connectivity index (χ2v) is 6.87. The highest BCUT2D eigenvalue weighted by Crippen LogP contribution is 2.26. The molecule has 0 atom stereocenters. The van der Waals surface area contributed by atoms with Crippen molar-refractivity contribution >= 4 is 23.5 Å². The van der Waals surface area contributed by atoms with E-state index >= 15 is 0 Å². The third kappa shape index (κ3) is 4.10. The quantitative estimate of drug-likeness (QED) is 0.820. The van der Waals surface area contributed by atoms with Crippen molar-refractivity contribution < 1.29 is 9.59 Å². The molecule has 0 spiro atoms. The third-order valence-corrected chi connectivity index (χ3v) is 4.86. The van der Waals surface area contributed by atoms with Gasteiger partial charge < -0.3 is 5.32 Å². The maximum atomic E-state index is 11.8. The first-order chi connectivity index (χ1) is 9.90. The van der Waals surface area contributed by atoms with Crippen LogP contribution in [0, 0.1) is 20.8 Å². The van der Waals surface area contributed by atoms with Crippen LogP contribution < -0.4 is 5.32 Å². The van der Waals surface area contributed by atoms with Gasteiger partial charge in [-0.05, 0) is 62.8 Å². The molecule has 1 aliphatic carbocycles. The molecule has 1 saturated carbocycles. The van der Waals surface area contributed by atoms with Crippen LogP contribution in [0.5, 0.6) is 0 Å². The maximum absolute atomic E-state index is 11.8. The number of carbonyl (C=O) groups excluding carboxylic acids is 2. The van der Waals surface area contributed by atoms with E-state index < -0.39 is 0 Å². The Morgan fingerprint density at radius 3 is 2.48 bits per heavy atom. The summed E-state index contributed by atoms with van der Waals surface area (Å²) in [5.41, 5.74) is 5.33. The lowest BCUT2D eigenvalue weighted by Gasteiger charge is -2.15. The van der Waals surface area contributed by atoms with Crippen LogP contribution >= 0.6 is 11.8 Å². The number of benzene rings is 1. The van der Waals surface area contributed by atoms with Crippen LogP contribution in [0.3, 0.4) is 0 Å². The molecular formula is C17H23NO2S. The van der Waals surface area contributed by atoms with Crippen LogP contribution in [0.15, 0.2) is 6.07 Å². The summed E-state index contributed by atoms with van der Waals surface area (Å²) in [5, 5.41) is 2.99. The van der Waals surface area contributed by atoms with Crippen molar-refractivity contribution in [3.05, 3.63) is 33.9 Å². The van der Waals surface area contributed by atoms with E-state index in [0.29, 0.717) is 11.8 Å². The smallest absolute Gasteiger partial charge is 0.230 e. The fourth-order valence-corrected chi connectivity index (χ4v) is 3.75. The number of aryl methyl sites for hydroxylation is 2. The lowest BCUT2D eigenvalue weighted by Crippen LogP contribution is -2.27. The molecule has 1 fully saturated rings. The van der Waals surface area contributed by atoms with Crippen LogP contribution in [0.25, 0.3) is 0 Å². The van der Waals surface area contributed by atoms with Gasteiger partial charge in [0.1, 0.15) is 0 Å². The van der Waals surface area contributed by atoms with Gasteiger partial charge in [-0.25, -0.2) is 0 Å². The summed E-state index contributed by atoms with van der Waals surface area (Å²) in [6.45, 7) is 7.68. The number of ketones is 1. The molecule has 0 saturated heterocycles. The van der Waals surface area contributed by atoms with Gasteiger partial charge in [0.05, 0.1) is 5.75 Å². The van der Waals surface area contributed by atoms with Crippen LogP contribution in [0.1, 0.15) is 52.4 Å². The standard InChI is InChI=1S/C17H23NO2S/c1-10-7-11(2)17(13(4)19)12(3)15(10)8-21-9-16(20)18-14-5-6-14/h7,14H,5-6,8-9H2,1-4H3,(H,18,20). The average Bonchev–Trinajstić information content (AvgIpc) is 3.16.